The van der Waals surface area contributed by atoms with E-state index >= 15 is 0 Å². The molecule has 0 bridgehead atoms. The lowest BCUT2D eigenvalue weighted by Gasteiger charge is -2.18. The van der Waals surface area contributed by atoms with Crippen LogP contribution in [-0.4, -0.2) is 0 Å². The summed E-state index contributed by atoms with van der Waals surface area (Å²) in [4.78, 5) is 0. The fraction of sp³-hybridized carbons (Fsp3) is 0.455. The van der Waals surface area contributed by atoms with E-state index in [9.17, 15) is 4.39 Å². The number of hydrogen-bond donors (Lipinski definition) is 1. The van der Waals surface area contributed by atoms with Crippen molar-refractivity contribution in [3.05, 3.63) is 35.4 Å². The van der Waals surface area contributed by atoms with Crippen LogP contribution in [0.3, 0.4) is 0 Å². The minimum Gasteiger partial charge on any atom is -0.326 e. The van der Waals surface area contributed by atoms with E-state index in [1.165, 1.54) is 0 Å². The van der Waals surface area contributed by atoms with Gasteiger partial charge in [0.1, 0.15) is 5.67 Å². The Balaban J connectivity index is 2.92. The SMILES string of the molecule is CCC(C)(F)c1ccc(CN)cc1. The Kier molecular flexibility index (Phi) is 3.04. The van der Waals surface area contributed by atoms with Crippen LogP contribution in [0.5, 0.6) is 0 Å². The normalized spacial score (nSPS) is 15.4. The first-order chi connectivity index (χ1) is 6.10. The number of hydrogen-bond acceptors (Lipinski definition) is 1. The molecular formula is C11H16FN. The summed E-state index contributed by atoms with van der Waals surface area (Å²) in [6.07, 6.45) is 0.495. The highest BCUT2D eigenvalue weighted by Gasteiger charge is 2.22. The van der Waals surface area contributed by atoms with Crippen molar-refractivity contribution in [1.29, 1.82) is 0 Å². The fourth-order valence-corrected chi connectivity index (χ4v) is 1.19. The molecule has 0 aliphatic carbocycles. The van der Waals surface area contributed by atoms with E-state index in [1.807, 2.05) is 31.2 Å². The summed E-state index contributed by atoms with van der Waals surface area (Å²) in [5.41, 5.74) is 6.00. The van der Waals surface area contributed by atoms with Gasteiger partial charge in [-0.2, -0.15) is 0 Å². The maximum atomic E-state index is 13.8. The predicted octanol–water partition coefficient (Wildman–Crippen LogP) is 2.74. The monoisotopic (exact) mass is 181 g/mol. The molecule has 0 heterocycles. The van der Waals surface area contributed by atoms with Crippen molar-refractivity contribution < 1.29 is 4.39 Å². The highest BCUT2D eigenvalue weighted by Crippen LogP contribution is 2.28. The molecular weight excluding hydrogens is 165 g/mol. The molecule has 0 aromatic heterocycles. The minimum atomic E-state index is -1.22. The molecule has 72 valence electrons. The quantitative estimate of drug-likeness (QED) is 0.762. The van der Waals surface area contributed by atoms with Crippen LogP contribution >= 0.6 is 0 Å². The Labute approximate surface area is 78.8 Å². The van der Waals surface area contributed by atoms with Gasteiger partial charge in [-0.05, 0) is 24.5 Å². The zero-order valence-corrected chi connectivity index (χ0v) is 8.18. The molecule has 2 heteroatoms. The van der Waals surface area contributed by atoms with Crippen LogP contribution < -0.4 is 5.73 Å². The molecule has 1 aromatic rings. The second-order valence-electron chi connectivity index (χ2n) is 3.45. The van der Waals surface area contributed by atoms with E-state index in [-0.39, 0.29) is 0 Å². The minimum absolute atomic E-state index is 0.495. The van der Waals surface area contributed by atoms with Crippen molar-refractivity contribution in [3.8, 4) is 0 Å². The summed E-state index contributed by atoms with van der Waals surface area (Å²) in [5, 5.41) is 0. The smallest absolute Gasteiger partial charge is 0.133 e. The standard InChI is InChI=1S/C11H16FN/c1-3-11(2,12)10-6-4-9(8-13)5-7-10/h4-7H,3,8,13H2,1-2H3. The lowest BCUT2D eigenvalue weighted by Crippen LogP contribution is -2.13. The number of rotatable bonds is 3. The molecule has 0 saturated heterocycles. The van der Waals surface area contributed by atoms with E-state index in [1.54, 1.807) is 6.92 Å². The van der Waals surface area contributed by atoms with E-state index < -0.39 is 5.67 Å². The lowest BCUT2D eigenvalue weighted by molar-refractivity contribution is 0.185. The Morgan fingerprint density at radius 2 is 1.85 bits per heavy atom. The van der Waals surface area contributed by atoms with Crippen molar-refractivity contribution in [3.63, 3.8) is 0 Å². The molecule has 1 nitrogen and oxygen atoms in total. The van der Waals surface area contributed by atoms with Gasteiger partial charge in [0.15, 0.2) is 0 Å². The van der Waals surface area contributed by atoms with Crippen molar-refractivity contribution in [2.75, 3.05) is 0 Å². The van der Waals surface area contributed by atoms with Gasteiger partial charge in [0.25, 0.3) is 0 Å². The fourth-order valence-electron chi connectivity index (χ4n) is 1.19. The summed E-state index contributed by atoms with van der Waals surface area (Å²) in [5.74, 6) is 0. The van der Waals surface area contributed by atoms with E-state index in [0.717, 1.165) is 11.1 Å². The molecule has 2 N–H and O–H groups in total. The van der Waals surface area contributed by atoms with Crippen molar-refractivity contribution in [1.82, 2.24) is 0 Å². The molecule has 1 atom stereocenters. The van der Waals surface area contributed by atoms with Crippen LogP contribution in [0, 0.1) is 0 Å². The molecule has 0 radical (unpaired) electrons. The number of benzene rings is 1. The van der Waals surface area contributed by atoms with E-state index in [0.29, 0.717) is 13.0 Å². The molecule has 1 rings (SSSR count). The number of alkyl halides is 1. The van der Waals surface area contributed by atoms with Crippen LogP contribution in [0.2, 0.25) is 0 Å². The average molecular weight is 181 g/mol. The molecule has 1 unspecified atom stereocenters. The first kappa shape index (κ1) is 10.2. The second kappa shape index (κ2) is 3.88. The van der Waals surface area contributed by atoms with Crippen molar-refractivity contribution in [2.45, 2.75) is 32.5 Å². The van der Waals surface area contributed by atoms with Crippen LogP contribution in [0.1, 0.15) is 31.4 Å². The van der Waals surface area contributed by atoms with Crippen molar-refractivity contribution in [2.24, 2.45) is 5.73 Å². The molecule has 0 aliphatic rings. The maximum Gasteiger partial charge on any atom is 0.133 e. The van der Waals surface area contributed by atoms with Gasteiger partial charge < -0.3 is 5.73 Å². The second-order valence-corrected chi connectivity index (χ2v) is 3.45. The van der Waals surface area contributed by atoms with Gasteiger partial charge in [-0.25, -0.2) is 4.39 Å². The van der Waals surface area contributed by atoms with Gasteiger partial charge in [0.2, 0.25) is 0 Å². The molecule has 0 aliphatic heterocycles. The Hall–Kier alpha value is -0.890. The third-order valence-corrected chi connectivity index (χ3v) is 2.46. The Morgan fingerprint density at radius 1 is 1.31 bits per heavy atom. The van der Waals surface area contributed by atoms with Crippen LogP contribution in [0.4, 0.5) is 4.39 Å². The molecule has 1 aromatic carbocycles. The first-order valence-electron chi connectivity index (χ1n) is 4.58. The van der Waals surface area contributed by atoms with Gasteiger partial charge in [-0.3, -0.25) is 0 Å². The first-order valence-corrected chi connectivity index (χ1v) is 4.58. The number of nitrogens with two attached hydrogens (primary N) is 1. The van der Waals surface area contributed by atoms with Crippen molar-refractivity contribution >= 4 is 0 Å². The van der Waals surface area contributed by atoms with Crippen LogP contribution in [0.15, 0.2) is 24.3 Å². The molecule has 0 amide bonds. The highest BCUT2D eigenvalue weighted by molar-refractivity contribution is 5.26. The molecule has 0 saturated carbocycles. The van der Waals surface area contributed by atoms with Gasteiger partial charge in [0.05, 0.1) is 0 Å². The summed E-state index contributed by atoms with van der Waals surface area (Å²) in [7, 11) is 0. The van der Waals surface area contributed by atoms with E-state index in [4.69, 9.17) is 5.73 Å². The summed E-state index contributed by atoms with van der Waals surface area (Å²) in [6, 6.07) is 7.38. The maximum absolute atomic E-state index is 13.8. The van der Waals surface area contributed by atoms with Gasteiger partial charge in [0, 0.05) is 6.54 Å². The Bertz CT molecular complexity index is 264. The largest absolute Gasteiger partial charge is 0.326 e. The predicted molar refractivity (Wildman–Crippen MR) is 53.1 cm³/mol. The number of halogens is 1. The summed E-state index contributed by atoms with van der Waals surface area (Å²) in [6.45, 7) is 3.96. The highest BCUT2D eigenvalue weighted by atomic mass is 19.1. The Morgan fingerprint density at radius 3 is 2.23 bits per heavy atom. The van der Waals surface area contributed by atoms with Gasteiger partial charge >= 0.3 is 0 Å². The molecule has 0 fully saturated rings. The lowest BCUT2D eigenvalue weighted by atomic mass is 9.94. The van der Waals surface area contributed by atoms with Crippen LogP contribution in [-0.2, 0) is 12.2 Å². The van der Waals surface area contributed by atoms with Gasteiger partial charge in [-0.1, -0.05) is 31.2 Å². The third-order valence-electron chi connectivity index (χ3n) is 2.46. The van der Waals surface area contributed by atoms with Gasteiger partial charge in [-0.15, -0.1) is 0 Å². The summed E-state index contributed by atoms with van der Waals surface area (Å²) >= 11 is 0. The van der Waals surface area contributed by atoms with E-state index in [2.05, 4.69) is 0 Å². The zero-order chi connectivity index (χ0) is 9.90. The van der Waals surface area contributed by atoms with Crippen LogP contribution in [0.25, 0.3) is 0 Å². The molecule has 0 spiro atoms. The summed E-state index contributed by atoms with van der Waals surface area (Å²) < 4.78 is 13.8. The average Bonchev–Trinajstić information content (AvgIpc) is 2.18. The molecule has 13 heavy (non-hydrogen) atoms. The third kappa shape index (κ3) is 2.28. The zero-order valence-electron chi connectivity index (χ0n) is 8.18. The topological polar surface area (TPSA) is 26.0 Å².